The highest BCUT2D eigenvalue weighted by atomic mass is 15.1. The van der Waals surface area contributed by atoms with Gasteiger partial charge in [0, 0.05) is 37.4 Å². The van der Waals surface area contributed by atoms with E-state index in [0.717, 1.165) is 19.5 Å². The van der Waals surface area contributed by atoms with E-state index in [9.17, 15) is 0 Å². The maximum absolute atomic E-state index is 5.69. The second kappa shape index (κ2) is 5.04. The Morgan fingerprint density at radius 3 is 2.92 bits per heavy atom. The average molecular weight is 181 g/mol. The predicted molar refractivity (Wildman–Crippen MR) is 55.6 cm³/mol. The molecular weight excluding hydrogens is 162 g/mol. The minimum atomic E-state index is 0.258. The van der Waals surface area contributed by atoms with Gasteiger partial charge in [-0.2, -0.15) is 0 Å². The van der Waals surface area contributed by atoms with Crippen LogP contribution in [0.25, 0.3) is 0 Å². The topological polar surface area (TPSA) is 45.0 Å². The molecule has 13 heavy (non-hydrogen) atoms. The third-order valence-electron chi connectivity index (χ3n) is 2.02. The van der Waals surface area contributed by atoms with Crippen molar-refractivity contribution in [1.29, 1.82) is 0 Å². The molecule has 0 bridgehead atoms. The summed E-state index contributed by atoms with van der Waals surface area (Å²) in [5.74, 6) is 0. The van der Waals surface area contributed by atoms with E-state index in [2.05, 4.69) is 23.0 Å². The first kappa shape index (κ1) is 10.3. The molecule has 1 rings (SSSR count). The maximum atomic E-state index is 5.69. The van der Waals surface area contributed by atoms with Crippen LogP contribution in [-0.4, -0.2) is 36.1 Å². The molecule has 0 amide bonds. The number of rotatable bonds is 5. The summed E-state index contributed by atoms with van der Waals surface area (Å²) in [5, 5.41) is 0. The smallest absolute Gasteiger partial charge is 0.0159 e. The summed E-state index contributed by atoms with van der Waals surface area (Å²) in [5.41, 5.74) is 6.98. The standard InChI is InChI=1S/C10H19N3/c1-9(11)8-13(2)7-5-10-4-3-6-12-10/h3-4,6,9,12H,5,7-8,11H2,1-2H3. The molecule has 0 aliphatic rings. The number of nitrogens with zero attached hydrogens (tertiary/aromatic N) is 1. The van der Waals surface area contributed by atoms with Crippen LogP contribution in [0.2, 0.25) is 0 Å². The van der Waals surface area contributed by atoms with Crippen molar-refractivity contribution < 1.29 is 0 Å². The van der Waals surface area contributed by atoms with Crippen LogP contribution in [0.15, 0.2) is 18.3 Å². The Hall–Kier alpha value is -0.800. The van der Waals surface area contributed by atoms with Gasteiger partial charge in [0.05, 0.1) is 0 Å². The zero-order chi connectivity index (χ0) is 9.68. The lowest BCUT2D eigenvalue weighted by Crippen LogP contribution is -2.34. The van der Waals surface area contributed by atoms with Crippen LogP contribution in [0.5, 0.6) is 0 Å². The van der Waals surface area contributed by atoms with Crippen molar-refractivity contribution in [2.75, 3.05) is 20.1 Å². The highest BCUT2D eigenvalue weighted by molar-refractivity contribution is 5.03. The summed E-state index contributed by atoms with van der Waals surface area (Å²) in [7, 11) is 2.10. The Labute approximate surface area is 79.9 Å². The number of nitrogens with two attached hydrogens (primary N) is 1. The quantitative estimate of drug-likeness (QED) is 0.707. The van der Waals surface area contributed by atoms with Crippen LogP contribution < -0.4 is 5.73 Å². The third-order valence-corrected chi connectivity index (χ3v) is 2.02. The molecule has 1 heterocycles. The molecule has 0 saturated carbocycles. The third kappa shape index (κ3) is 4.10. The number of likely N-dealkylation sites (N-methyl/N-ethyl adjacent to an activating group) is 1. The average Bonchev–Trinajstić information content (AvgIpc) is 2.51. The highest BCUT2D eigenvalue weighted by Crippen LogP contribution is 1.97. The Bertz CT molecular complexity index is 216. The molecule has 0 spiro atoms. The zero-order valence-corrected chi connectivity index (χ0v) is 8.46. The van der Waals surface area contributed by atoms with Crippen molar-refractivity contribution in [3.05, 3.63) is 24.0 Å². The van der Waals surface area contributed by atoms with E-state index in [1.807, 2.05) is 19.2 Å². The van der Waals surface area contributed by atoms with Crippen molar-refractivity contribution >= 4 is 0 Å². The van der Waals surface area contributed by atoms with Gasteiger partial charge in [-0.15, -0.1) is 0 Å². The highest BCUT2D eigenvalue weighted by Gasteiger charge is 2.01. The second-order valence-electron chi connectivity index (χ2n) is 3.68. The molecule has 1 aromatic heterocycles. The Morgan fingerprint density at radius 2 is 2.38 bits per heavy atom. The normalized spacial score (nSPS) is 13.5. The molecule has 0 radical (unpaired) electrons. The van der Waals surface area contributed by atoms with Crippen LogP contribution in [-0.2, 0) is 6.42 Å². The first-order valence-corrected chi connectivity index (χ1v) is 4.75. The Kier molecular flexibility index (Phi) is 3.99. The number of H-pyrrole nitrogens is 1. The lowest BCUT2D eigenvalue weighted by Gasteiger charge is -2.18. The van der Waals surface area contributed by atoms with Gasteiger partial charge in [0.25, 0.3) is 0 Å². The molecule has 3 N–H and O–H groups in total. The first-order valence-electron chi connectivity index (χ1n) is 4.75. The van der Waals surface area contributed by atoms with Gasteiger partial charge in [-0.1, -0.05) is 0 Å². The molecule has 1 unspecified atom stereocenters. The number of nitrogens with one attached hydrogen (secondary N) is 1. The Morgan fingerprint density at radius 1 is 1.62 bits per heavy atom. The zero-order valence-electron chi connectivity index (χ0n) is 8.46. The van der Waals surface area contributed by atoms with Gasteiger partial charge < -0.3 is 15.6 Å². The van der Waals surface area contributed by atoms with E-state index in [-0.39, 0.29) is 6.04 Å². The monoisotopic (exact) mass is 181 g/mol. The van der Waals surface area contributed by atoms with E-state index in [4.69, 9.17) is 5.73 Å². The molecule has 0 aliphatic carbocycles. The van der Waals surface area contributed by atoms with Crippen molar-refractivity contribution in [2.45, 2.75) is 19.4 Å². The van der Waals surface area contributed by atoms with Crippen LogP contribution >= 0.6 is 0 Å². The lowest BCUT2D eigenvalue weighted by atomic mass is 10.3. The van der Waals surface area contributed by atoms with Crippen molar-refractivity contribution in [3.8, 4) is 0 Å². The largest absolute Gasteiger partial charge is 0.365 e. The van der Waals surface area contributed by atoms with Gasteiger partial charge in [0.2, 0.25) is 0 Å². The second-order valence-corrected chi connectivity index (χ2v) is 3.68. The van der Waals surface area contributed by atoms with E-state index in [1.165, 1.54) is 5.69 Å². The first-order chi connectivity index (χ1) is 6.18. The minimum Gasteiger partial charge on any atom is -0.365 e. The molecule has 1 aromatic rings. The molecule has 3 nitrogen and oxygen atoms in total. The van der Waals surface area contributed by atoms with E-state index < -0.39 is 0 Å². The molecule has 0 aliphatic heterocycles. The van der Waals surface area contributed by atoms with E-state index in [0.29, 0.717) is 0 Å². The van der Waals surface area contributed by atoms with Gasteiger partial charge >= 0.3 is 0 Å². The fourth-order valence-electron chi connectivity index (χ4n) is 1.42. The molecule has 74 valence electrons. The molecular formula is C10H19N3. The number of hydrogen-bond acceptors (Lipinski definition) is 2. The van der Waals surface area contributed by atoms with Gasteiger partial charge in [0.1, 0.15) is 0 Å². The van der Waals surface area contributed by atoms with Crippen LogP contribution in [0, 0.1) is 0 Å². The Balaban J connectivity index is 2.19. The SMILES string of the molecule is CC(N)CN(C)CCc1ccc[nH]1. The van der Waals surface area contributed by atoms with Gasteiger partial charge in [-0.25, -0.2) is 0 Å². The van der Waals surface area contributed by atoms with Crippen LogP contribution in [0.4, 0.5) is 0 Å². The van der Waals surface area contributed by atoms with Crippen molar-refractivity contribution in [3.63, 3.8) is 0 Å². The van der Waals surface area contributed by atoms with Crippen molar-refractivity contribution in [2.24, 2.45) is 5.73 Å². The van der Waals surface area contributed by atoms with E-state index in [1.54, 1.807) is 0 Å². The molecule has 0 fully saturated rings. The van der Waals surface area contributed by atoms with Crippen LogP contribution in [0.1, 0.15) is 12.6 Å². The number of aromatic amines is 1. The van der Waals surface area contributed by atoms with Crippen molar-refractivity contribution in [1.82, 2.24) is 9.88 Å². The fourth-order valence-corrected chi connectivity index (χ4v) is 1.42. The number of aromatic nitrogens is 1. The molecule has 3 heteroatoms. The molecule has 0 aromatic carbocycles. The maximum Gasteiger partial charge on any atom is 0.0159 e. The van der Waals surface area contributed by atoms with Gasteiger partial charge in [-0.3, -0.25) is 0 Å². The fraction of sp³-hybridized carbons (Fsp3) is 0.600. The molecule has 0 saturated heterocycles. The summed E-state index contributed by atoms with van der Waals surface area (Å²) in [4.78, 5) is 5.44. The van der Waals surface area contributed by atoms with Crippen LogP contribution in [0.3, 0.4) is 0 Å². The summed E-state index contributed by atoms with van der Waals surface area (Å²) in [6.07, 6.45) is 3.02. The van der Waals surface area contributed by atoms with E-state index >= 15 is 0 Å². The lowest BCUT2D eigenvalue weighted by molar-refractivity contribution is 0.320. The number of hydrogen-bond donors (Lipinski definition) is 2. The summed E-state index contributed by atoms with van der Waals surface area (Å²) < 4.78 is 0. The predicted octanol–water partition coefficient (Wildman–Crippen LogP) is 0.836. The molecule has 1 atom stereocenters. The van der Waals surface area contributed by atoms with Gasteiger partial charge in [0.15, 0.2) is 0 Å². The summed E-state index contributed by atoms with van der Waals surface area (Å²) in [6.45, 7) is 4.05. The minimum absolute atomic E-state index is 0.258. The van der Waals surface area contributed by atoms with Gasteiger partial charge in [-0.05, 0) is 26.1 Å². The summed E-state index contributed by atoms with van der Waals surface area (Å²) >= 11 is 0. The summed E-state index contributed by atoms with van der Waals surface area (Å²) in [6, 6.07) is 4.40.